The maximum Gasteiger partial charge on any atom is 0.342 e. The molecule has 0 radical (unpaired) electrons. The number of halogens is 2. The maximum atomic E-state index is 12.0. The molecule has 1 rings (SSSR count). The highest BCUT2D eigenvalue weighted by Crippen LogP contribution is 2.34. The van der Waals surface area contributed by atoms with E-state index in [0.29, 0.717) is 0 Å². The van der Waals surface area contributed by atoms with Crippen LogP contribution in [0.3, 0.4) is 0 Å². The summed E-state index contributed by atoms with van der Waals surface area (Å²) < 4.78 is 33.1. The van der Waals surface area contributed by atoms with Crippen LogP contribution in [0.15, 0.2) is 17.0 Å². The number of ether oxygens (including phenoxy) is 2. The first-order valence-electron chi connectivity index (χ1n) is 6.30. The van der Waals surface area contributed by atoms with Crippen LogP contribution in [-0.4, -0.2) is 28.1 Å². The van der Waals surface area contributed by atoms with Gasteiger partial charge in [-0.1, -0.05) is 31.4 Å². The summed E-state index contributed by atoms with van der Waals surface area (Å²) in [7, 11) is 2.46. The normalized spacial score (nSPS) is 11.2. The Kier molecular flexibility index (Phi) is 6.77. The SMILES string of the molecule is CCCCCOC(=O)c1cc(Cl)cc(S(=O)(=O)Cl)c1OC. The molecule has 0 aliphatic carbocycles. The van der Waals surface area contributed by atoms with Crippen molar-refractivity contribution in [2.75, 3.05) is 13.7 Å². The highest BCUT2D eigenvalue weighted by molar-refractivity contribution is 8.13. The number of hydrogen-bond donors (Lipinski definition) is 0. The van der Waals surface area contributed by atoms with Crippen molar-refractivity contribution >= 4 is 37.3 Å². The predicted molar refractivity (Wildman–Crippen MR) is 80.9 cm³/mol. The van der Waals surface area contributed by atoms with Gasteiger partial charge in [0.15, 0.2) is 5.75 Å². The van der Waals surface area contributed by atoms with Gasteiger partial charge in [-0.3, -0.25) is 0 Å². The molecular weight excluding hydrogens is 339 g/mol. The van der Waals surface area contributed by atoms with Gasteiger partial charge < -0.3 is 9.47 Å². The summed E-state index contributed by atoms with van der Waals surface area (Å²) >= 11 is 5.83. The molecule has 1 aromatic carbocycles. The molecule has 8 heteroatoms. The second kappa shape index (κ2) is 7.87. The van der Waals surface area contributed by atoms with Gasteiger partial charge in [-0.15, -0.1) is 0 Å². The van der Waals surface area contributed by atoms with E-state index >= 15 is 0 Å². The molecular formula is C13H16Cl2O5S. The third-order valence-corrected chi connectivity index (χ3v) is 4.23. The zero-order valence-corrected chi connectivity index (χ0v) is 14.0. The molecule has 0 aliphatic heterocycles. The Labute approximate surface area is 133 Å². The van der Waals surface area contributed by atoms with Crippen LogP contribution in [0.1, 0.15) is 36.5 Å². The van der Waals surface area contributed by atoms with Crippen molar-refractivity contribution < 1.29 is 22.7 Å². The number of hydrogen-bond acceptors (Lipinski definition) is 5. The number of esters is 1. The molecule has 0 atom stereocenters. The zero-order valence-electron chi connectivity index (χ0n) is 11.7. The molecule has 0 unspecified atom stereocenters. The maximum absolute atomic E-state index is 12.0. The Morgan fingerprint density at radius 3 is 2.48 bits per heavy atom. The van der Waals surface area contributed by atoms with Crippen LogP contribution < -0.4 is 4.74 Å². The molecule has 5 nitrogen and oxygen atoms in total. The van der Waals surface area contributed by atoms with Crippen molar-refractivity contribution in [3.05, 3.63) is 22.7 Å². The molecule has 0 bridgehead atoms. The number of methoxy groups -OCH3 is 1. The van der Waals surface area contributed by atoms with Crippen LogP contribution in [-0.2, 0) is 13.8 Å². The summed E-state index contributed by atoms with van der Waals surface area (Å²) in [5, 5.41) is 0.0514. The molecule has 0 spiro atoms. The van der Waals surface area contributed by atoms with Crippen LogP contribution >= 0.6 is 22.3 Å². The van der Waals surface area contributed by atoms with Gasteiger partial charge in [0.05, 0.1) is 13.7 Å². The van der Waals surface area contributed by atoms with Crippen LogP contribution in [0.4, 0.5) is 0 Å². The highest BCUT2D eigenvalue weighted by Gasteiger charge is 2.25. The Balaban J connectivity index is 3.12. The third-order valence-electron chi connectivity index (χ3n) is 2.69. The van der Waals surface area contributed by atoms with E-state index in [1.54, 1.807) is 0 Å². The Morgan fingerprint density at radius 1 is 1.29 bits per heavy atom. The molecule has 0 saturated heterocycles. The largest absolute Gasteiger partial charge is 0.494 e. The van der Waals surface area contributed by atoms with E-state index in [1.165, 1.54) is 13.2 Å². The Hall–Kier alpha value is -0.980. The summed E-state index contributed by atoms with van der Waals surface area (Å²) in [4.78, 5) is 11.7. The van der Waals surface area contributed by atoms with E-state index in [2.05, 4.69) is 0 Å². The average molecular weight is 355 g/mol. The van der Waals surface area contributed by atoms with Gasteiger partial charge >= 0.3 is 5.97 Å². The van der Waals surface area contributed by atoms with Gasteiger partial charge in [0.2, 0.25) is 0 Å². The van der Waals surface area contributed by atoms with Crippen molar-refractivity contribution in [3.63, 3.8) is 0 Å². The molecule has 1 aromatic rings. The first-order chi connectivity index (χ1) is 9.81. The minimum Gasteiger partial charge on any atom is -0.494 e. The Bertz CT molecular complexity index is 613. The first-order valence-corrected chi connectivity index (χ1v) is 8.99. The molecule has 0 amide bonds. The molecule has 0 fully saturated rings. The van der Waals surface area contributed by atoms with Crippen LogP contribution in [0.2, 0.25) is 5.02 Å². The topological polar surface area (TPSA) is 69.7 Å². The number of carbonyl (C=O) groups excluding carboxylic acids is 1. The lowest BCUT2D eigenvalue weighted by atomic mass is 10.2. The summed E-state index contributed by atoms with van der Waals surface area (Å²) in [6.45, 7) is 2.27. The second-order valence-electron chi connectivity index (χ2n) is 4.27. The van der Waals surface area contributed by atoms with Crippen molar-refractivity contribution in [2.24, 2.45) is 0 Å². The predicted octanol–water partition coefficient (Wildman–Crippen LogP) is 3.62. The molecule has 0 saturated carbocycles. The van der Waals surface area contributed by atoms with E-state index in [4.69, 9.17) is 31.8 Å². The molecule has 0 N–H and O–H groups in total. The van der Waals surface area contributed by atoms with Crippen LogP contribution in [0, 0.1) is 0 Å². The van der Waals surface area contributed by atoms with Crippen molar-refractivity contribution in [3.8, 4) is 5.75 Å². The molecule has 21 heavy (non-hydrogen) atoms. The lowest BCUT2D eigenvalue weighted by Gasteiger charge is -2.12. The number of unbranched alkanes of at least 4 members (excludes halogenated alkanes) is 2. The lowest BCUT2D eigenvalue weighted by molar-refractivity contribution is 0.0494. The van der Waals surface area contributed by atoms with Gasteiger partial charge in [-0.25, -0.2) is 13.2 Å². The monoisotopic (exact) mass is 354 g/mol. The standard InChI is InChI=1S/C13H16Cl2O5S/c1-3-4-5-6-20-13(16)10-7-9(14)8-11(12(10)19-2)21(15,17)18/h7-8H,3-6H2,1-2H3. The summed E-state index contributed by atoms with van der Waals surface area (Å²) in [6, 6.07) is 2.41. The average Bonchev–Trinajstić information content (AvgIpc) is 2.41. The van der Waals surface area contributed by atoms with E-state index in [0.717, 1.165) is 25.3 Å². The quantitative estimate of drug-likeness (QED) is 0.424. The summed E-state index contributed by atoms with van der Waals surface area (Å²) in [6.07, 6.45) is 2.65. The minimum atomic E-state index is -4.10. The van der Waals surface area contributed by atoms with Gasteiger partial charge in [-0.2, -0.15) is 0 Å². The van der Waals surface area contributed by atoms with Gasteiger partial charge in [0.25, 0.3) is 9.05 Å². The number of carbonyl (C=O) groups is 1. The van der Waals surface area contributed by atoms with Gasteiger partial charge in [-0.05, 0) is 18.6 Å². The third kappa shape index (κ3) is 5.05. The Morgan fingerprint density at radius 2 is 1.95 bits per heavy atom. The van der Waals surface area contributed by atoms with E-state index in [1.807, 2.05) is 6.92 Å². The van der Waals surface area contributed by atoms with E-state index in [9.17, 15) is 13.2 Å². The van der Waals surface area contributed by atoms with Gasteiger partial charge in [0.1, 0.15) is 10.5 Å². The van der Waals surface area contributed by atoms with Crippen molar-refractivity contribution in [2.45, 2.75) is 31.1 Å². The fourth-order valence-corrected chi connectivity index (χ4v) is 3.02. The smallest absolute Gasteiger partial charge is 0.342 e. The molecule has 118 valence electrons. The van der Waals surface area contributed by atoms with Crippen LogP contribution in [0.5, 0.6) is 5.75 Å². The summed E-state index contributed by atoms with van der Waals surface area (Å²) in [5.41, 5.74) is -0.0688. The first kappa shape index (κ1) is 18.1. The molecule has 0 heterocycles. The van der Waals surface area contributed by atoms with Crippen molar-refractivity contribution in [1.29, 1.82) is 0 Å². The molecule has 0 aliphatic rings. The molecule has 0 aromatic heterocycles. The van der Waals surface area contributed by atoms with Crippen molar-refractivity contribution in [1.82, 2.24) is 0 Å². The fourth-order valence-electron chi connectivity index (χ4n) is 1.71. The number of benzene rings is 1. The number of rotatable bonds is 7. The van der Waals surface area contributed by atoms with Crippen LogP contribution in [0.25, 0.3) is 0 Å². The van der Waals surface area contributed by atoms with E-state index in [-0.39, 0.29) is 27.8 Å². The second-order valence-corrected chi connectivity index (χ2v) is 7.24. The fraction of sp³-hybridized carbons (Fsp3) is 0.462. The van der Waals surface area contributed by atoms with E-state index < -0.39 is 15.0 Å². The lowest BCUT2D eigenvalue weighted by Crippen LogP contribution is -2.10. The van der Waals surface area contributed by atoms with Gasteiger partial charge in [0, 0.05) is 15.7 Å². The highest BCUT2D eigenvalue weighted by atomic mass is 35.7. The minimum absolute atomic E-state index is 0.0514. The summed E-state index contributed by atoms with van der Waals surface area (Å²) in [5.74, 6) is -0.873. The zero-order chi connectivity index (χ0) is 16.0.